The largest absolute Gasteiger partial charge is 0.497 e. The zero-order chi connectivity index (χ0) is 23.5. The number of urea groups is 1. The molecule has 6 nitrogen and oxygen atoms in total. The van der Waals surface area contributed by atoms with Gasteiger partial charge in [0.1, 0.15) is 11.3 Å². The molecule has 0 bridgehead atoms. The van der Waals surface area contributed by atoms with E-state index in [0.29, 0.717) is 23.4 Å². The summed E-state index contributed by atoms with van der Waals surface area (Å²) >= 11 is 3.57. The predicted molar refractivity (Wildman–Crippen MR) is 130 cm³/mol. The van der Waals surface area contributed by atoms with Gasteiger partial charge >= 0.3 is 6.03 Å². The van der Waals surface area contributed by atoms with Crippen molar-refractivity contribution >= 4 is 45.5 Å². The highest BCUT2D eigenvalue weighted by Crippen LogP contribution is 2.28. The molecule has 0 radical (unpaired) electrons. The van der Waals surface area contributed by atoms with Gasteiger partial charge in [-0.25, -0.2) is 9.69 Å². The Labute approximate surface area is 200 Å². The molecule has 0 aromatic heterocycles. The van der Waals surface area contributed by atoms with Crippen molar-refractivity contribution < 1.29 is 19.1 Å². The predicted octanol–water partition coefficient (Wildman–Crippen LogP) is 5.02. The monoisotopic (exact) mass is 504 g/mol. The van der Waals surface area contributed by atoms with Gasteiger partial charge in [0.05, 0.1) is 12.8 Å². The van der Waals surface area contributed by atoms with Crippen LogP contribution in [0.2, 0.25) is 0 Å². The van der Waals surface area contributed by atoms with Crippen molar-refractivity contribution in [1.29, 1.82) is 0 Å². The van der Waals surface area contributed by atoms with Crippen LogP contribution in [0.3, 0.4) is 0 Å². The molecular weight excluding hydrogens is 484 g/mol. The number of hydrogen-bond acceptors (Lipinski definition) is 4. The normalized spacial score (nSPS) is 15.1. The zero-order valence-corrected chi connectivity index (χ0v) is 19.7. The summed E-state index contributed by atoms with van der Waals surface area (Å²) in [5, 5.41) is 2.28. The first-order valence-corrected chi connectivity index (χ1v) is 11.0. The average Bonchev–Trinajstić information content (AvgIpc) is 2.79. The van der Waals surface area contributed by atoms with E-state index in [1.54, 1.807) is 37.4 Å². The minimum absolute atomic E-state index is 0.116. The lowest BCUT2D eigenvalue weighted by Gasteiger charge is -2.26. The number of methoxy groups -OCH3 is 1. The van der Waals surface area contributed by atoms with Gasteiger partial charge in [-0.1, -0.05) is 52.3 Å². The summed E-state index contributed by atoms with van der Waals surface area (Å²) in [4.78, 5) is 39.3. The first-order chi connectivity index (χ1) is 15.9. The molecule has 4 amide bonds. The van der Waals surface area contributed by atoms with Crippen molar-refractivity contribution in [2.45, 2.75) is 13.3 Å². The smallest absolute Gasteiger partial charge is 0.335 e. The molecule has 166 valence electrons. The summed E-state index contributed by atoms with van der Waals surface area (Å²) in [5.74, 6) is -0.733. The Bertz CT molecular complexity index is 1300. The minimum atomic E-state index is -0.768. The number of nitrogens with one attached hydrogen (secondary N) is 1. The van der Waals surface area contributed by atoms with Gasteiger partial charge in [-0.15, -0.1) is 0 Å². The van der Waals surface area contributed by atoms with Gasteiger partial charge < -0.3 is 4.74 Å². The topological polar surface area (TPSA) is 75.7 Å². The van der Waals surface area contributed by atoms with Crippen LogP contribution in [0.5, 0.6) is 5.75 Å². The summed E-state index contributed by atoms with van der Waals surface area (Å²) in [6.45, 7) is 1.86. The molecule has 1 aliphatic rings. The van der Waals surface area contributed by atoms with Gasteiger partial charge in [-0.05, 0) is 72.0 Å². The maximum Gasteiger partial charge on any atom is 0.335 e. The molecule has 3 aromatic rings. The van der Waals surface area contributed by atoms with E-state index in [4.69, 9.17) is 4.74 Å². The van der Waals surface area contributed by atoms with Gasteiger partial charge in [0.15, 0.2) is 0 Å². The van der Waals surface area contributed by atoms with Gasteiger partial charge in [0.2, 0.25) is 0 Å². The van der Waals surface area contributed by atoms with Gasteiger partial charge in [0.25, 0.3) is 11.8 Å². The number of ether oxygens (including phenoxy) is 1. The van der Waals surface area contributed by atoms with Crippen molar-refractivity contribution in [3.63, 3.8) is 0 Å². The highest BCUT2D eigenvalue weighted by atomic mass is 79.9. The zero-order valence-electron chi connectivity index (χ0n) is 18.1. The minimum Gasteiger partial charge on any atom is -0.497 e. The Morgan fingerprint density at radius 1 is 0.970 bits per heavy atom. The number of rotatable bonds is 5. The summed E-state index contributed by atoms with van der Waals surface area (Å²) in [6.07, 6.45) is 2.08. The first kappa shape index (κ1) is 22.5. The second-order valence-electron chi connectivity index (χ2n) is 7.63. The highest BCUT2D eigenvalue weighted by Gasteiger charge is 2.37. The van der Waals surface area contributed by atoms with Crippen LogP contribution in [0, 0.1) is 6.92 Å². The Kier molecular flexibility index (Phi) is 6.42. The van der Waals surface area contributed by atoms with Crippen molar-refractivity contribution in [3.05, 3.63) is 99.0 Å². The molecule has 7 heteroatoms. The molecule has 0 unspecified atom stereocenters. The van der Waals surface area contributed by atoms with E-state index in [-0.39, 0.29) is 5.57 Å². The molecule has 0 spiro atoms. The fourth-order valence-corrected chi connectivity index (χ4v) is 4.09. The first-order valence-electron chi connectivity index (χ1n) is 10.3. The fraction of sp³-hybridized carbons (Fsp3) is 0.115. The van der Waals surface area contributed by atoms with E-state index in [9.17, 15) is 14.4 Å². The molecule has 1 N–H and O–H groups in total. The van der Waals surface area contributed by atoms with Gasteiger partial charge in [-0.2, -0.15) is 0 Å². The fourth-order valence-electron chi connectivity index (χ4n) is 3.66. The van der Waals surface area contributed by atoms with E-state index in [2.05, 4.69) is 21.2 Å². The highest BCUT2D eigenvalue weighted by molar-refractivity contribution is 9.10. The molecule has 1 aliphatic heterocycles. The number of benzene rings is 3. The third-order valence-electron chi connectivity index (χ3n) is 5.35. The molecular formula is C26H21BrN2O4. The van der Waals surface area contributed by atoms with Gasteiger partial charge in [0, 0.05) is 4.47 Å². The number of anilines is 1. The van der Waals surface area contributed by atoms with E-state index >= 15 is 0 Å². The molecule has 33 heavy (non-hydrogen) atoms. The molecule has 4 rings (SSSR count). The Morgan fingerprint density at radius 2 is 1.76 bits per heavy atom. The Morgan fingerprint density at radius 3 is 2.48 bits per heavy atom. The van der Waals surface area contributed by atoms with Crippen molar-refractivity contribution in [2.75, 3.05) is 12.0 Å². The van der Waals surface area contributed by atoms with Crippen LogP contribution in [-0.2, 0) is 16.0 Å². The summed E-state index contributed by atoms with van der Waals surface area (Å²) in [5.41, 5.74) is 3.77. The van der Waals surface area contributed by atoms with Crippen molar-refractivity contribution in [3.8, 4) is 5.75 Å². The van der Waals surface area contributed by atoms with Crippen LogP contribution in [0.1, 0.15) is 22.3 Å². The number of barbiturate groups is 1. The third-order valence-corrected chi connectivity index (χ3v) is 6.12. The third kappa shape index (κ3) is 4.73. The SMILES string of the molecule is COc1ccc(/C=C2\C(=O)NC(=O)N(c3cccc(C)c3)C2=O)c(Cc2ccccc2Br)c1. The standard InChI is InChI=1S/C26H21BrN2O4/c1-16-6-5-8-20(12-16)29-25(31)22(24(30)28-26(29)32)15-17-10-11-21(33-2)14-19(17)13-18-7-3-4-9-23(18)27/h3-12,14-15H,13H2,1-2H3,(H,28,30,32)/b22-15+. The van der Waals surface area contributed by atoms with Crippen molar-refractivity contribution in [2.24, 2.45) is 0 Å². The summed E-state index contributed by atoms with van der Waals surface area (Å²) < 4.78 is 6.33. The second kappa shape index (κ2) is 9.42. The number of halogens is 1. The maximum atomic E-state index is 13.3. The molecule has 0 saturated carbocycles. The molecule has 3 aromatic carbocycles. The Hall–Kier alpha value is -3.71. The lowest BCUT2D eigenvalue weighted by atomic mass is 9.97. The number of nitrogens with zero attached hydrogens (tertiary/aromatic N) is 1. The van der Waals surface area contributed by atoms with Crippen molar-refractivity contribution in [1.82, 2.24) is 5.32 Å². The summed E-state index contributed by atoms with van der Waals surface area (Å²) in [7, 11) is 1.58. The Balaban J connectivity index is 1.77. The number of aryl methyl sites for hydroxylation is 1. The maximum absolute atomic E-state index is 13.3. The van der Waals surface area contributed by atoms with Crippen LogP contribution >= 0.6 is 15.9 Å². The molecule has 1 fully saturated rings. The van der Waals surface area contributed by atoms with Crippen LogP contribution < -0.4 is 15.0 Å². The van der Waals surface area contributed by atoms with E-state index in [0.717, 1.165) is 26.1 Å². The lowest BCUT2D eigenvalue weighted by Crippen LogP contribution is -2.54. The van der Waals surface area contributed by atoms with Crippen LogP contribution in [0.4, 0.5) is 10.5 Å². The molecule has 1 saturated heterocycles. The number of imide groups is 2. The number of amides is 4. The van der Waals surface area contributed by atoms with E-state index in [1.165, 1.54) is 6.08 Å². The van der Waals surface area contributed by atoms with E-state index < -0.39 is 17.8 Å². The van der Waals surface area contributed by atoms with Crippen LogP contribution in [-0.4, -0.2) is 25.0 Å². The van der Waals surface area contributed by atoms with Crippen LogP contribution in [0.25, 0.3) is 6.08 Å². The number of hydrogen-bond donors (Lipinski definition) is 1. The molecule has 1 heterocycles. The number of carbonyl (C=O) groups excluding carboxylic acids is 3. The summed E-state index contributed by atoms with van der Waals surface area (Å²) in [6, 6.07) is 19.5. The quantitative estimate of drug-likeness (QED) is 0.390. The average molecular weight is 505 g/mol. The molecule has 0 aliphatic carbocycles. The van der Waals surface area contributed by atoms with Crippen LogP contribution in [0.15, 0.2) is 76.8 Å². The molecule has 0 atom stereocenters. The lowest BCUT2D eigenvalue weighted by molar-refractivity contribution is -0.122. The van der Waals surface area contributed by atoms with E-state index in [1.807, 2.05) is 43.3 Å². The number of carbonyl (C=O) groups is 3. The second-order valence-corrected chi connectivity index (χ2v) is 8.48. The van der Waals surface area contributed by atoms with Gasteiger partial charge in [-0.3, -0.25) is 14.9 Å².